The normalized spacial score (nSPS) is 12.4. The van der Waals surface area contributed by atoms with Crippen molar-refractivity contribution < 1.29 is 13.5 Å². The topological polar surface area (TPSA) is 47.3 Å². The summed E-state index contributed by atoms with van der Waals surface area (Å²) in [6.07, 6.45) is 1.68. The van der Waals surface area contributed by atoms with Crippen LogP contribution in [0.3, 0.4) is 0 Å². The lowest BCUT2D eigenvalue weighted by atomic mass is 10.2. The number of rotatable bonds is 5. The van der Waals surface area contributed by atoms with Crippen molar-refractivity contribution in [1.82, 2.24) is 10.3 Å². The van der Waals surface area contributed by atoms with Crippen LogP contribution in [0.5, 0.6) is 5.75 Å². The summed E-state index contributed by atoms with van der Waals surface area (Å²) in [7, 11) is 1.45. The molecule has 0 saturated carbocycles. The maximum atomic E-state index is 13.5. The number of methoxy groups -OCH3 is 1. The number of aromatic nitrogens is 1. The molecule has 2 aromatic rings. The summed E-state index contributed by atoms with van der Waals surface area (Å²) in [5.41, 5.74) is 0.841. The minimum Gasteiger partial charge on any atom is -0.494 e. The van der Waals surface area contributed by atoms with E-state index in [4.69, 9.17) is 9.15 Å². The van der Waals surface area contributed by atoms with Crippen LogP contribution < -0.4 is 10.1 Å². The van der Waals surface area contributed by atoms with Crippen LogP contribution >= 0.6 is 0 Å². The van der Waals surface area contributed by atoms with Gasteiger partial charge in [0.15, 0.2) is 11.6 Å². The van der Waals surface area contributed by atoms with Crippen molar-refractivity contribution in [2.75, 3.05) is 7.11 Å². The Bertz CT molecular complexity index is 554. The van der Waals surface area contributed by atoms with Crippen molar-refractivity contribution in [1.29, 1.82) is 0 Å². The molecule has 2 rings (SSSR count). The minimum atomic E-state index is -0.360. The van der Waals surface area contributed by atoms with Gasteiger partial charge in [-0.2, -0.15) is 0 Å². The van der Waals surface area contributed by atoms with Gasteiger partial charge in [-0.05, 0) is 31.5 Å². The Morgan fingerprint density at radius 3 is 2.84 bits per heavy atom. The van der Waals surface area contributed by atoms with Crippen LogP contribution in [0.15, 0.2) is 28.8 Å². The van der Waals surface area contributed by atoms with Crippen LogP contribution in [0.1, 0.15) is 30.2 Å². The first-order chi connectivity index (χ1) is 9.10. The molecule has 0 spiro atoms. The molecule has 1 aromatic carbocycles. The highest BCUT2D eigenvalue weighted by molar-refractivity contribution is 5.29. The van der Waals surface area contributed by atoms with Crippen molar-refractivity contribution in [2.45, 2.75) is 26.4 Å². The molecule has 5 heteroatoms. The lowest BCUT2D eigenvalue weighted by Gasteiger charge is -2.11. The van der Waals surface area contributed by atoms with Gasteiger partial charge in [-0.3, -0.25) is 0 Å². The number of oxazole rings is 1. The lowest BCUT2D eigenvalue weighted by Crippen LogP contribution is -2.18. The molecule has 102 valence electrons. The number of benzene rings is 1. The third-order valence-corrected chi connectivity index (χ3v) is 2.84. The van der Waals surface area contributed by atoms with E-state index in [1.54, 1.807) is 12.3 Å². The summed E-state index contributed by atoms with van der Waals surface area (Å²) in [6.45, 7) is 4.33. The molecule has 1 unspecified atom stereocenters. The van der Waals surface area contributed by atoms with Crippen molar-refractivity contribution in [2.24, 2.45) is 0 Å². The Kier molecular flexibility index (Phi) is 4.16. The zero-order chi connectivity index (χ0) is 13.8. The third-order valence-electron chi connectivity index (χ3n) is 2.84. The molecule has 0 radical (unpaired) electrons. The summed E-state index contributed by atoms with van der Waals surface area (Å²) in [5, 5.41) is 3.23. The molecule has 0 bridgehead atoms. The van der Waals surface area contributed by atoms with Gasteiger partial charge in [-0.25, -0.2) is 9.37 Å². The molecule has 0 amide bonds. The van der Waals surface area contributed by atoms with E-state index in [1.165, 1.54) is 13.2 Å². The summed E-state index contributed by atoms with van der Waals surface area (Å²) in [6, 6.07) is 4.87. The number of hydrogen-bond acceptors (Lipinski definition) is 4. The monoisotopic (exact) mass is 264 g/mol. The molecule has 0 aliphatic carbocycles. The highest BCUT2D eigenvalue weighted by Crippen LogP contribution is 2.18. The Balaban J connectivity index is 1.97. The molecule has 1 atom stereocenters. The fourth-order valence-electron chi connectivity index (χ4n) is 1.75. The van der Waals surface area contributed by atoms with Gasteiger partial charge in [0.1, 0.15) is 5.76 Å². The van der Waals surface area contributed by atoms with Crippen molar-refractivity contribution in [3.8, 4) is 5.75 Å². The second kappa shape index (κ2) is 5.84. The predicted molar refractivity (Wildman–Crippen MR) is 69.4 cm³/mol. The summed E-state index contributed by atoms with van der Waals surface area (Å²) in [5.74, 6) is 1.30. The zero-order valence-electron chi connectivity index (χ0n) is 11.2. The second-order valence-corrected chi connectivity index (χ2v) is 4.38. The molecule has 1 aromatic heterocycles. The molecule has 0 aliphatic heterocycles. The van der Waals surface area contributed by atoms with E-state index in [-0.39, 0.29) is 17.6 Å². The van der Waals surface area contributed by atoms with E-state index in [0.717, 1.165) is 11.3 Å². The third kappa shape index (κ3) is 3.32. The average Bonchev–Trinajstić information content (AvgIpc) is 2.83. The molecule has 1 heterocycles. The Hall–Kier alpha value is -1.88. The molecule has 19 heavy (non-hydrogen) atoms. The molecular weight excluding hydrogens is 247 g/mol. The van der Waals surface area contributed by atoms with E-state index in [0.29, 0.717) is 12.4 Å². The van der Waals surface area contributed by atoms with Gasteiger partial charge in [-0.15, -0.1) is 0 Å². The van der Waals surface area contributed by atoms with Crippen molar-refractivity contribution in [3.05, 3.63) is 47.4 Å². The lowest BCUT2D eigenvalue weighted by molar-refractivity contribution is 0.385. The first kappa shape index (κ1) is 13.5. The number of nitrogens with zero attached hydrogens (tertiary/aromatic N) is 1. The van der Waals surface area contributed by atoms with Crippen LogP contribution in [0.2, 0.25) is 0 Å². The van der Waals surface area contributed by atoms with Gasteiger partial charge >= 0.3 is 0 Å². The Labute approximate surface area is 111 Å². The van der Waals surface area contributed by atoms with Crippen LogP contribution in [0, 0.1) is 12.7 Å². The van der Waals surface area contributed by atoms with Gasteiger partial charge in [0, 0.05) is 6.54 Å². The van der Waals surface area contributed by atoms with Crippen LogP contribution in [0.25, 0.3) is 0 Å². The molecule has 0 fully saturated rings. The summed E-state index contributed by atoms with van der Waals surface area (Å²) >= 11 is 0. The first-order valence-electron chi connectivity index (χ1n) is 6.08. The quantitative estimate of drug-likeness (QED) is 0.901. The Morgan fingerprint density at radius 1 is 1.47 bits per heavy atom. The van der Waals surface area contributed by atoms with E-state index < -0.39 is 0 Å². The fraction of sp³-hybridized carbons (Fsp3) is 0.357. The van der Waals surface area contributed by atoms with Crippen LogP contribution in [-0.2, 0) is 6.54 Å². The van der Waals surface area contributed by atoms with Crippen LogP contribution in [0.4, 0.5) is 4.39 Å². The number of halogens is 1. The molecule has 4 nitrogen and oxygen atoms in total. The van der Waals surface area contributed by atoms with E-state index >= 15 is 0 Å². The molecule has 0 aliphatic rings. The van der Waals surface area contributed by atoms with Crippen LogP contribution in [-0.4, -0.2) is 12.1 Å². The SMILES string of the molecule is COc1ccc(CNC(C)c2ncc(C)o2)cc1F. The van der Waals surface area contributed by atoms with Crippen molar-refractivity contribution >= 4 is 0 Å². The Morgan fingerprint density at radius 2 is 2.26 bits per heavy atom. The van der Waals surface area contributed by atoms with Gasteiger partial charge in [0.25, 0.3) is 0 Å². The molecule has 1 N–H and O–H groups in total. The standard InChI is InChI=1S/C14H17FN2O2/c1-9-7-17-14(19-9)10(2)16-8-11-4-5-13(18-3)12(15)6-11/h4-7,10,16H,8H2,1-3H3. The maximum absolute atomic E-state index is 13.5. The number of nitrogens with one attached hydrogen (secondary N) is 1. The predicted octanol–water partition coefficient (Wildman–Crippen LogP) is 2.98. The van der Waals surface area contributed by atoms with Gasteiger partial charge in [-0.1, -0.05) is 6.07 Å². The van der Waals surface area contributed by atoms with E-state index in [9.17, 15) is 4.39 Å². The van der Waals surface area contributed by atoms with Crippen molar-refractivity contribution in [3.63, 3.8) is 0 Å². The number of ether oxygens (including phenoxy) is 1. The first-order valence-corrected chi connectivity index (χ1v) is 6.08. The number of hydrogen-bond donors (Lipinski definition) is 1. The highest BCUT2D eigenvalue weighted by atomic mass is 19.1. The minimum absolute atomic E-state index is 0.0288. The zero-order valence-corrected chi connectivity index (χ0v) is 11.2. The van der Waals surface area contributed by atoms with E-state index in [1.807, 2.05) is 19.9 Å². The fourth-order valence-corrected chi connectivity index (χ4v) is 1.75. The largest absolute Gasteiger partial charge is 0.494 e. The smallest absolute Gasteiger partial charge is 0.211 e. The van der Waals surface area contributed by atoms with Gasteiger partial charge < -0.3 is 14.5 Å². The van der Waals surface area contributed by atoms with E-state index in [2.05, 4.69) is 10.3 Å². The second-order valence-electron chi connectivity index (χ2n) is 4.38. The average molecular weight is 264 g/mol. The summed E-state index contributed by atoms with van der Waals surface area (Å²) in [4.78, 5) is 4.15. The number of aryl methyl sites for hydroxylation is 1. The molecular formula is C14H17FN2O2. The maximum Gasteiger partial charge on any atom is 0.211 e. The molecule has 0 saturated heterocycles. The summed E-state index contributed by atoms with van der Waals surface area (Å²) < 4.78 is 23.8. The highest BCUT2D eigenvalue weighted by Gasteiger charge is 2.11. The van der Waals surface area contributed by atoms with Gasteiger partial charge in [0.05, 0.1) is 19.3 Å². The van der Waals surface area contributed by atoms with Gasteiger partial charge in [0.2, 0.25) is 5.89 Å².